The monoisotopic (exact) mass is 905 g/mol. The zero-order valence-corrected chi connectivity index (χ0v) is 38.2. The third-order valence-electron chi connectivity index (χ3n) is 14.7. The van der Waals surface area contributed by atoms with E-state index in [0.29, 0.717) is 28.2 Å². The van der Waals surface area contributed by atoms with E-state index in [2.05, 4.69) is 238 Å². The van der Waals surface area contributed by atoms with E-state index in [0.717, 1.165) is 103 Å². The molecule has 4 heterocycles. The van der Waals surface area contributed by atoms with Crippen LogP contribution >= 0.6 is 11.3 Å². The Morgan fingerprint density at radius 2 is 0.700 bits per heavy atom. The average Bonchev–Trinajstić information content (AvgIpc) is 4.17. The maximum absolute atomic E-state index is 12.4. The van der Waals surface area contributed by atoms with Crippen molar-refractivity contribution in [3.05, 3.63) is 223 Å². The molecule has 0 aliphatic rings. The van der Waals surface area contributed by atoms with Gasteiger partial charge in [0.1, 0.15) is 23.3 Å². The van der Waals surface area contributed by atoms with Crippen molar-refractivity contribution in [2.45, 2.75) is 0 Å². The maximum atomic E-state index is 12.4. The van der Waals surface area contributed by atoms with Gasteiger partial charge in [0.2, 0.25) is 0 Å². The summed E-state index contributed by atoms with van der Waals surface area (Å²) >= 11 is 1.78. The zero-order chi connectivity index (χ0) is 46.2. The van der Waals surface area contributed by atoms with Crippen molar-refractivity contribution in [2.75, 3.05) is 0 Å². The highest BCUT2D eigenvalue weighted by molar-refractivity contribution is 7.25. The van der Waals surface area contributed by atoms with Crippen molar-refractivity contribution in [2.24, 2.45) is 0 Å². The number of thiophene rings is 1. The fourth-order valence-electron chi connectivity index (χ4n) is 11.9. The molecule has 15 rings (SSSR count). The lowest BCUT2D eigenvalue weighted by atomic mass is 9.91. The van der Waals surface area contributed by atoms with Gasteiger partial charge < -0.3 is 13.7 Å². The van der Waals surface area contributed by atoms with Crippen LogP contribution < -0.4 is 0 Å². The lowest BCUT2D eigenvalue weighted by molar-refractivity contribution is 1.08. The predicted molar refractivity (Wildman–Crippen MR) is 292 cm³/mol. The summed E-state index contributed by atoms with van der Waals surface area (Å²) < 4.78 is 9.21. The van der Waals surface area contributed by atoms with E-state index in [-0.39, 0.29) is 0 Å². The van der Waals surface area contributed by atoms with E-state index in [4.69, 9.17) is 0 Å². The van der Waals surface area contributed by atoms with Crippen molar-refractivity contribution in [3.63, 3.8) is 0 Å². The van der Waals surface area contributed by atoms with Crippen LogP contribution in [0.15, 0.2) is 212 Å². The topological polar surface area (TPSA) is 62.4 Å². The Kier molecular flexibility index (Phi) is 8.01. The van der Waals surface area contributed by atoms with Crippen molar-refractivity contribution < 1.29 is 0 Å². The van der Waals surface area contributed by atoms with E-state index >= 15 is 0 Å². The van der Waals surface area contributed by atoms with Gasteiger partial charge in [-0.1, -0.05) is 158 Å². The minimum atomic E-state index is 0.401. The van der Waals surface area contributed by atoms with Crippen LogP contribution in [0, 0.1) is 22.7 Å². The van der Waals surface area contributed by atoms with Gasteiger partial charge in [0, 0.05) is 58.1 Å². The summed E-state index contributed by atoms with van der Waals surface area (Å²) in [5, 5.41) is 37.9. The molecule has 0 atom stereocenters. The molecule has 0 spiro atoms. The van der Waals surface area contributed by atoms with Gasteiger partial charge in [0.25, 0.3) is 0 Å². The van der Waals surface area contributed by atoms with Crippen LogP contribution in [0.5, 0.6) is 0 Å². The molecule has 0 bridgehead atoms. The second kappa shape index (κ2) is 14.5. The van der Waals surface area contributed by atoms with Gasteiger partial charge >= 0.3 is 0 Å². The average molecular weight is 906 g/mol. The Labute approximate surface area is 404 Å². The van der Waals surface area contributed by atoms with Crippen molar-refractivity contribution in [1.29, 1.82) is 10.5 Å². The van der Waals surface area contributed by atoms with Gasteiger partial charge in [-0.25, -0.2) is 0 Å². The van der Waals surface area contributed by atoms with Crippen LogP contribution in [0.3, 0.4) is 0 Å². The smallest absolute Gasteiger partial charge is 0.104 e. The van der Waals surface area contributed by atoms with Gasteiger partial charge in [-0.3, -0.25) is 0 Å². The predicted octanol–water partition coefficient (Wildman–Crippen LogP) is 17.1. The minimum absolute atomic E-state index is 0.401. The molecule has 4 aromatic heterocycles. The van der Waals surface area contributed by atoms with Gasteiger partial charge in [-0.15, -0.1) is 11.3 Å². The lowest BCUT2D eigenvalue weighted by Crippen LogP contribution is -2.14. The van der Waals surface area contributed by atoms with E-state index in [1.54, 1.807) is 11.3 Å². The summed E-state index contributed by atoms with van der Waals surface area (Å²) in [6.45, 7) is 0. The van der Waals surface area contributed by atoms with E-state index in [9.17, 15) is 10.5 Å². The number of aromatic nitrogens is 3. The molecule has 15 aromatic rings. The third kappa shape index (κ3) is 5.12. The van der Waals surface area contributed by atoms with Crippen LogP contribution in [-0.2, 0) is 0 Å². The van der Waals surface area contributed by atoms with Crippen LogP contribution in [0.2, 0.25) is 0 Å². The number of nitrogens with zero attached hydrogens (tertiary/aromatic N) is 5. The van der Waals surface area contributed by atoms with Gasteiger partial charge in [-0.05, 0) is 81.7 Å². The number of hydrogen-bond acceptors (Lipinski definition) is 3. The highest BCUT2D eigenvalue weighted by atomic mass is 32.1. The second-order valence-corrected chi connectivity index (χ2v) is 19.2. The molecule has 70 heavy (non-hydrogen) atoms. The first kappa shape index (κ1) is 38.6. The number of nitriles is 2. The fourth-order valence-corrected chi connectivity index (χ4v) is 13.0. The van der Waals surface area contributed by atoms with Crippen LogP contribution in [0.25, 0.3) is 135 Å². The van der Waals surface area contributed by atoms with Crippen molar-refractivity contribution in [3.8, 4) is 40.3 Å². The van der Waals surface area contributed by atoms with E-state index in [1.807, 2.05) is 0 Å². The number of fused-ring (bicyclic) bond motifs is 16. The molecule has 11 aromatic carbocycles. The molecule has 5 nitrogen and oxygen atoms in total. The van der Waals surface area contributed by atoms with Crippen LogP contribution in [-0.4, -0.2) is 13.7 Å². The first-order valence-electron chi connectivity index (χ1n) is 23.5. The fraction of sp³-hybridized carbons (Fsp3) is 0. The van der Waals surface area contributed by atoms with Crippen LogP contribution in [0.4, 0.5) is 0 Å². The maximum Gasteiger partial charge on any atom is 0.104 e. The SMILES string of the molecule is N#Cc1c(-n2c3ccccc3c3ccccc32)c(-c2ccc3sc4ccccc4c3c2)c(-n2c3ccccc3c3ccccc32)c(C#N)c1-n1c2ccc3ccccc3c2c2c3ccccc3ccc21. The molecule has 0 radical (unpaired) electrons. The van der Waals surface area contributed by atoms with Gasteiger partial charge in [0.15, 0.2) is 0 Å². The Balaban J connectivity index is 1.25. The zero-order valence-electron chi connectivity index (χ0n) is 37.4. The van der Waals surface area contributed by atoms with Crippen molar-refractivity contribution >= 4 is 118 Å². The quantitative estimate of drug-likeness (QED) is 0.177. The van der Waals surface area contributed by atoms with Gasteiger partial charge in [0.05, 0.1) is 50.2 Å². The Morgan fingerprint density at radius 1 is 0.314 bits per heavy atom. The highest BCUT2D eigenvalue weighted by Crippen LogP contribution is 2.51. The summed E-state index contributed by atoms with van der Waals surface area (Å²) in [6.07, 6.45) is 0. The summed E-state index contributed by atoms with van der Waals surface area (Å²) in [7, 11) is 0. The molecule has 0 saturated heterocycles. The summed E-state index contributed by atoms with van der Waals surface area (Å²) in [5.74, 6) is 0. The summed E-state index contributed by atoms with van der Waals surface area (Å²) in [4.78, 5) is 0. The Morgan fingerprint density at radius 3 is 1.17 bits per heavy atom. The molecule has 0 amide bonds. The molecular weight excluding hydrogens is 871 g/mol. The second-order valence-electron chi connectivity index (χ2n) is 18.1. The number of rotatable bonds is 4. The highest BCUT2D eigenvalue weighted by Gasteiger charge is 2.33. The molecule has 0 aliphatic heterocycles. The molecule has 322 valence electrons. The third-order valence-corrected chi connectivity index (χ3v) is 15.8. The Hall–Kier alpha value is -9.46. The number of para-hydroxylation sites is 4. The molecule has 0 unspecified atom stereocenters. The standard InChI is InChI=1S/C64H35N5S/c65-36-49-62(69-55-32-29-38-15-1-3-17-41(38)60(55)61-42-18-4-2-16-39(42)30-33-56(61)69)50(37-66)64(68-53-26-12-7-21-45(53)46-22-8-13-27-54(46)68)59(40-31-34-58-48(35-40)47-23-9-14-28-57(47)70-58)63(49)67-51-24-10-5-19-43(51)44-20-6-11-25-52(44)67/h1-35H. The number of hydrogen-bond donors (Lipinski definition) is 0. The first-order valence-corrected chi connectivity index (χ1v) is 24.3. The molecular formula is C64H35N5S. The normalized spacial score (nSPS) is 12.0. The van der Waals surface area contributed by atoms with Crippen LogP contribution in [0.1, 0.15) is 11.1 Å². The molecule has 6 heteroatoms. The summed E-state index contributed by atoms with van der Waals surface area (Å²) in [6, 6.07) is 80.8. The summed E-state index contributed by atoms with van der Waals surface area (Å²) in [5.41, 5.74) is 10.1. The molecule has 0 saturated carbocycles. The largest absolute Gasteiger partial charge is 0.307 e. The number of benzene rings is 11. The van der Waals surface area contributed by atoms with E-state index < -0.39 is 0 Å². The minimum Gasteiger partial charge on any atom is -0.307 e. The van der Waals surface area contributed by atoms with Crippen molar-refractivity contribution in [1.82, 2.24) is 13.7 Å². The van der Waals surface area contributed by atoms with E-state index in [1.165, 1.54) is 14.8 Å². The molecule has 0 N–H and O–H groups in total. The first-order chi connectivity index (χ1) is 34.7. The van der Waals surface area contributed by atoms with Gasteiger partial charge in [-0.2, -0.15) is 10.5 Å². The Bertz CT molecular complexity index is 4520. The molecule has 0 aliphatic carbocycles. The lowest BCUT2D eigenvalue weighted by Gasteiger charge is -2.26. The molecule has 0 fully saturated rings.